The maximum absolute atomic E-state index is 12.9. The second-order valence-corrected chi connectivity index (χ2v) is 6.38. The van der Waals surface area contributed by atoms with E-state index in [9.17, 15) is 18.4 Å². The monoisotopic (exact) mass is 366 g/mol. The van der Waals surface area contributed by atoms with Gasteiger partial charge in [0.2, 0.25) is 5.90 Å². The molecule has 0 radical (unpaired) electrons. The number of nitrogens with one attached hydrogen (secondary N) is 1. The molecule has 2 unspecified atom stereocenters. The zero-order valence-corrected chi connectivity index (χ0v) is 13.9. The van der Waals surface area contributed by atoms with Gasteiger partial charge in [-0.15, -0.1) is 0 Å². The summed E-state index contributed by atoms with van der Waals surface area (Å²) >= 11 is 0. The van der Waals surface area contributed by atoms with Crippen molar-refractivity contribution < 1.29 is 17.9 Å². The summed E-state index contributed by atoms with van der Waals surface area (Å²) in [6.45, 7) is 0. The normalized spacial score (nSPS) is 19.3. The van der Waals surface area contributed by atoms with Crippen LogP contribution in [0.15, 0.2) is 60.7 Å². The highest BCUT2D eigenvalue weighted by atomic mass is 19.4. The number of nitriles is 1. The van der Waals surface area contributed by atoms with Crippen molar-refractivity contribution in [1.82, 2.24) is 0 Å². The Hall–Kier alpha value is -3.33. The van der Waals surface area contributed by atoms with Crippen LogP contribution < -0.4 is 4.74 Å². The predicted octanol–water partition coefficient (Wildman–Crippen LogP) is 5.50. The minimum Gasteiger partial charge on any atom is -0.441 e. The van der Waals surface area contributed by atoms with Gasteiger partial charge in [-0.25, -0.2) is 0 Å². The van der Waals surface area contributed by atoms with Crippen LogP contribution in [0.25, 0.3) is 10.8 Å². The number of hydrogen-bond acceptors (Lipinski definition) is 3. The molecule has 1 N–H and O–H groups in total. The van der Waals surface area contributed by atoms with E-state index in [4.69, 9.17) is 10.1 Å². The summed E-state index contributed by atoms with van der Waals surface area (Å²) in [5, 5.41) is 19.4. The van der Waals surface area contributed by atoms with E-state index in [0.29, 0.717) is 16.9 Å². The van der Waals surface area contributed by atoms with Gasteiger partial charge < -0.3 is 4.74 Å². The smallest absolute Gasteiger partial charge is 0.416 e. The molecule has 27 heavy (non-hydrogen) atoms. The first-order valence-corrected chi connectivity index (χ1v) is 8.25. The van der Waals surface area contributed by atoms with Crippen LogP contribution in [-0.2, 0) is 6.18 Å². The molecule has 0 bridgehead atoms. The Labute approximate surface area is 153 Å². The van der Waals surface area contributed by atoms with Gasteiger partial charge in [0, 0.05) is 16.9 Å². The lowest BCUT2D eigenvalue weighted by molar-refractivity contribution is -0.137. The van der Waals surface area contributed by atoms with Gasteiger partial charge in [-0.3, -0.25) is 5.41 Å². The average Bonchev–Trinajstić information content (AvgIpc) is 2.66. The van der Waals surface area contributed by atoms with Crippen LogP contribution in [0.4, 0.5) is 13.2 Å². The number of halogens is 3. The van der Waals surface area contributed by atoms with Crippen LogP contribution >= 0.6 is 0 Å². The van der Waals surface area contributed by atoms with Crippen molar-refractivity contribution in [3.63, 3.8) is 0 Å². The lowest BCUT2D eigenvalue weighted by Crippen LogP contribution is -2.31. The molecule has 0 spiro atoms. The molecule has 6 heteroatoms. The summed E-state index contributed by atoms with van der Waals surface area (Å²) < 4.78 is 44.3. The van der Waals surface area contributed by atoms with E-state index in [0.717, 1.165) is 22.9 Å². The maximum Gasteiger partial charge on any atom is 0.416 e. The second kappa shape index (κ2) is 6.13. The molecular weight excluding hydrogens is 353 g/mol. The van der Waals surface area contributed by atoms with Crippen LogP contribution in [0.3, 0.4) is 0 Å². The fourth-order valence-corrected chi connectivity index (χ4v) is 3.51. The Morgan fingerprint density at radius 3 is 2.33 bits per heavy atom. The lowest BCUT2D eigenvalue weighted by atomic mass is 9.78. The van der Waals surface area contributed by atoms with E-state index < -0.39 is 23.6 Å². The van der Waals surface area contributed by atoms with Gasteiger partial charge in [-0.1, -0.05) is 48.5 Å². The van der Waals surface area contributed by atoms with E-state index in [1.54, 1.807) is 0 Å². The molecule has 3 nitrogen and oxygen atoms in total. The van der Waals surface area contributed by atoms with Crippen LogP contribution in [0.2, 0.25) is 0 Å². The quantitative estimate of drug-likeness (QED) is 0.618. The summed E-state index contributed by atoms with van der Waals surface area (Å²) in [4.78, 5) is 0. The van der Waals surface area contributed by atoms with Gasteiger partial charge in [-0.05, 0) is 23.1 Å². The van der Waals surface area contributed by atoms with Crippen LogP contribution in [0, 0.1) is 22.7 Å². The molecule has 1 heterocycles. The molecule has 3 aromatic rings. The number of fused-ring (bicyclic) bond motifs is 3. The number of alkyl halides is 3. The van der Waals surface area contributed by atoms with Crippen molar-refractivity contribution >= 4 is 16.7 Å². The van der Waals surface area contributed by atoms with Crippen LogP contribution in [0.1, 0.15) is 22.6 Å². The summed E-state index contributed by atoms with van der Waals surface area (Å²) in [7, 11) is 0. The third-order valence-electron chi connectivity index (χ3n) is 4.81. The minimum atomic E-state index is -4.43. The number of hydrogen-bond donors (Lipinski definition) is 1. The molecule has 0 saturated heterocycles. The molecule has 0 saturated carbocycles. The Kier molecular flexibility index (Phi) is 3.88. The van der Waals surface area contributed by atoms with E-state index in [1.807, 2.05) is 36.4 Å². The van der Waals surface area contributed by atoms with E-state index in [-0.39, 0.29) is 5.90 Å². The molecule has 0 aromatic heterocycles. The first-order valence-electron chi connectivity index (χ1n) is 8.25. The first-order chi connectivity index (χ1) is 12.9. The molecule has 3 aromatic carbocycles. The van der Waals surface area contributed by atoms with E-state index in [2.05, 4.69) is 6.07 Å². The highest BCUT2D eigenvalue weighted by Crippen LogP contribution is 2.45. The van der Waals surface area contributed by atoms with E-state index >= 15 is 0 Å². The lowest BCUT2D eigenvalue weighted by Gasteiger charge is -2.31. The fraction of sp³-hybridized carbons (Fsp3) is 0.143. The molecule has 2 atom stereocenters. The molecule has 1 aliphatic rings. The summed E-state index contributed by atoms with van der Waals surface area (Å²) in [6, 6.07) is 18.0. The number of ether oxygens (including phenoxy) is 1. The van der Waals surface area contributed by atoms with Gasteiger partial charge in [0.25, 0.3) is 0 Å². The molecule has 0 aliphatic carbocycles. The average molecular weight is 366 g/mol. The van der Waals surface area contributed by atoms with Gasteiger partial charge in [0.1, 0.15) is 11.7 Å². The SMILES string of the molecule is N#CC1C(=N)Oc2c(ccc3ccccc23)C1c1ccc(C(F)(F)F)cc1. The summed E-state index contributed by atoms with van der Waals surface area (Å²) in [5.41, 5.74) is 0.482. The minimum absolute atomic E-state index is 0.203. The number of benzene rings is 3. The van der Waals surface area contributed by atoms with Gasteiger partial charge >= 0.3 is 6.18 Å². The van der Waals surface area contributed by atoms with Crippen LogP contribution in [0.5, 0.6) is 5.75 Å². The molecular formula is C21H13F3N2O. The van der Waals surface area contributed by atoms with Crippen molar-refractivity contribution in [3.8, 4) is 11.8 Å². The third-order valence-corrected chi connectivity index (χ3v) is 4.81. The zero-order chi connectivity index (χ0) is 19.2. The Morgan fingerprint density at radius 1 is 0.963 bits per heavy atom. The number of rotatable bonds is 1. The second-order valence-electron chi connectivity index (χ2n) is 6.38. The third kappa shape index (κ3) is 2.81. The Morgan fingerprint density at radius 2 is 1.67 bits per heavy atom. The maximum atomic E-state index is 12.9. The number of nitrogens with zero attached hydrogens (tertiary/aromatic N) is 1. The molecule has 4 rings (SSSR count). The van der Waals surface area contributed by atoms with Gasteiger partial charge in [0.05, 0.1) is 11.6 Å². The van der Waals surface area contributed by atoms with Crippen molar-refractivity contribution in [1.29, 1.82) is 10.7 Å². The van der Waals surface area contributed by atoms with Crippen molar-refractivity contribution in [3.05, 3.63) is 77.4 Å². The Balaban J connectivity index is 1.90. The summed E-state index contributed by atoms with van der Waals surface area (Å²) in [5.74, 6) is -1.20. The van der Waals surface area contributed by atoms with E-state index in [1.165, 1.54) is 12.1 Å². The fourth-order valence-electron chi connectivity index (χ4n) is 3.51. The molecule has 0 amide bonds. The topological polar surface area (TPSA) is 56.9 Å². The molecule has 0 fully saturated rings. The van der Waals surface area contributed by atoms with Crippen molar-refractivity contribution in [2.45, 2.75) is 12.1 Å². The standard InChI is InChI=1S/C21H13F3N2O/c22-21(23,24)14-8-5-13(6-9-14)18-16-10-7-12-3-1-2-4-15(12)19(16)27-20(26)17(18)11-25/h1-10,17-18,26H. The predicted molar refractivity (Wildman–Crippen MR) is 94.7 cm³/mol. The highest BCUT2D eigenvalue weighted by molar-refractivity contribution is 5.95. The molecule has 1 aliphatic heterocycles. The van der Waals surface area contributed by atoms with Crippen molar-refractivity contribution in [2.75, 3.05) is 0 Å². The largest absolute Gasteiger partial charge is 0.441 e. The van der Waals surface area contributed by atoms with Gasteiger partial charge in [0.15, 0.2) is 0 Å². The highest BCUT2D eigenvalue weighted by Gasteiger charge is 2.38. The van der Waals surface area contributed by atoms with Crippen LogP contribution in [-0.4, -0.2) is 5.90 Å². The van der Waals surface area contributed by atoms with Crippen molar-refractivity contribution in [2.24, 2.45) is 5.92 Å². The summed E-state index contributed by atoms with van der Waals surface area (Å²) in [6.07, 6.45) is -4.43. The Bertz CT molecular complexity index is 1080. The zero-order valence-electron chi connectivity index (χ0n) is 13.9. The molecule has 134 valence electrons. The van der Waals surface area contributed by atoms with Gasteiger partial charge in [-0.2, -0.15) is 18.4 Å². The first kappa shape index (κ1) is 17.1.